The molecule has 0 aliphatic heterocycles. The molecule has 0 spiro atoms. The summed E-state index contributed by atoms with van der Waals surface area (Å²) in [5.41, 5.74) is 0.255. The molecule has 28 heavy (non-hydrogen) atoms. The largest absolute Gasteiger partial charge is 0.488 e. The molecule has 5 nitrogen and oxygen atoms in total. The molecule has 5 heteroatoms. The van der Waals surface area contributed by atoms with Crippen LogP contribution in [0.4, 0.5) is 0 Å². The zero-order chi connectivity index (χ0) is 19.7. The van der Waals surface area contributed by atoms with Gasteiger partial charge >= 0.3 is 0 Å². The van der Waals surface area contributed by atoms with Gasteiger partial charge in [-0.05, 0) is 70.4 Å². The Morgan fingerprint density at radius 1 is 1.14 bits per heavy atom. The Kier molecular flexibility index (Phi) is 5.28. The minimum Gasteiger partial charge on any atom is -0.488 e. The lowest BCUT2D eigenvalue weighted by Crippen LogP contribution is -2.48. The number of ether oxygens (including phenoxy) is 1. The molecule has 1 amide bonds. The maximum Gasteiger partial charge on any atom is 0.223 e. The predicted octanol–water partition coefficient (Wildman–Crippen LogP) is 3.84. The van der Waals surface area contributed by atoms with Gasteiger partial charge in [-0.3, -0.25) is 9.78 Å². The van der Waals surface area contributed by atoms with Crippen molar-refractivity contribution in [3.05, 3.63) is 36.5 Å². The number of nitrogens with one attached hydrogen (secondary N) is 1. The van der Waals surface area contributed by atoms with E-state index in [0.29, 0.717) is 5.92 Å². The molecule has 0 unspecified atom stereocenters. The summed E-state index contributed by atoms with van der Waals surface area (Å²) in [6.07, 6.45) is 7.22. The molecule has 0 bridgehead atoms. The summed E-state index contributed by atoms with van der Waals surface area (Å²) < 4.78 is 6.12. The topological polar surface area (TPSA) is 71.5 Å². The summed E-state index contributed by atoms with van der Waals surface area (Å²) in [6, 6.07) is 10.1. The molecule has 0 atom stereocenters. The van der Waals surface area contributed by atoms with Crippen LogP contribution in [0.3, 0.4) is 0 Å². The lowest BCUT2D eigenvalue weighted by molar-refractivity contribution is -0.131. The summed E-state index contributed by atoms with van der Waals surface area (Å²) in [5.74, 6) is 1.32. The summed E-state index contributed by atoms with van der Waals surface area (Å²) >= 11 is 0. The fourth-order valence-electron chi connectivity index (χ4n) is 4.49. The van der Waals surface area contributed by atoms with E-state index in [9.17, 15) is 9.90 Å². The number of rotatable bonds is 5. The second kappa shape index (κ2) is 7.70. The molecule has 2 fully saturated rings. The van der Waals surface area contributed by atoms with E-state index in [0.717, 1.165) is 55.2 Å². The van der Waals surface area contributed by atoms with Crippen molar-refractivity contribution in [1.82, 2.24) is 10.3 Å². The number of benzene rings is 1. The third kappa shape index (κ3) is 4.14. The minimum atomic E-state index is -0.621. The minimum absolute atomic E-state index is 0.0416. The summed E-state index contributed by atoms with van der Waals surface area (Å²) in [4.78, 5) is 17.0. The predicted molar refractivity (Wildman–Crippen MR) is 109 cm³/mol. The van der Waals surface area contributed by atoms with Gasteiger partial charge in [0.15, 0.2) is 0 Å². The average Bonchev–Trinajstić information content (AvgIpc) is 2.64. The van der Waals surface area contributed by atoms with Crippen molar-refractivity contribution in [3.8, 4) is 5.75 Å². The Morgan fingerprint density at radius 2 is 1.86 bits per heavy atom. The highest BCUT2D eigenvalue weighted by atomic mass is 16.5. The molecule has 2 saturated carbocycles. The Bertz CT molecular complexity index is 826. The van der Waals surface area contributed by atoms with E-state index in [1.807, 2.05) is 44.2 Å². The lowest BCUT2D eigenvalue weighted by Gasteiger charge is -2.38. The van der Waals surface area contributed by atoms with Gasteiger partial charge in [-0.1, -0.05) is 18.2 Å². The van der Waals surface area contributed by atoms with Crippen LogP contribution in [-0.4, -0.2) is 33.7 Å². The first-order valence-corrected chi connectivity index (χ1v) is 10.4. The Labute approximate surface area is 166 Å². The maximum absolute atomic E-state index is 12.6. The highest BCUT2D eigenvalue weighted by molar-refractivity contribution is 5.84. The molecule has 2 aliphatic carbocycles. The Hall–Kier alpha value is -2.14. The van der Waals surface area contributed by atoms with Gasteiger partial charge in [0.25, 0.3) is 0 Å². The van der Waals surface area contributed by atoms with Crippen molar-refractivity contribution in [3.63, 3.8) is 0 Å². The van der Waals surface area contributed by atoms with Crippen LogP contribution < -0.4 is 10.1 Å². The summed E-state index contributed by atoms with van der Waals surface area (Å²) in [6.45, 7) is 3.77. The fourth-order valence-corrected chi connectivity index (χ4v) is 4.49. The standard InChI is InChI=1S/C23H30N2O3/c1-23(2,27)17-8-10-18(11-9-17)25-22(26)16-13-19(14-16)28-20-7-3-5-15-6-4-12-24-21(15)20/h3-7,12,16-19,27H,8-11,13-14H2,1-2H3,(H,25,26)/t16?,17-,18-,19?. The molecule has 1 aromatic carbocycles. The third-order valence-corrected chi connectivity index (χ3v) is 6.43. The number of fused-ring (bicyclic) bond motifs is 1. The van der Waals surface area contributed by atoms with Crippen LogP contribution in [0.5, 0.6) is 5.75 Å². The fraction of sp³-hybridized carbons (Fsp3) is 0.565. The number of nitrogens with zero attached hydrogens (tertiary/aromatic N) is 1. The molecule has 150 valence electrons. The molecule has 2 aromatic rings. The van der Waals surface area contributed by atoms with E-state index < -0.39 is 5.60 Å². The molecule has 0 saturated heterocycles. The van der Waals surface area contributed by atoms with E-state index >= 15 is 0 Å². The number of hydrogen-bond donors (Lipinski definition) is 2. The lowest BCUT2D eigenvalue weighted by atomic mass is 9.76. The number of carbonyl (C=O) groups excluding carboxylic acids is 1. The summed E-state index contributed by atoms with van der Waals surface area (Å²) in [5, 5.41) is 14.4. The van der Waals surface area contributed by atoms with Crippen molar-refractivity contribution >= 4 is 16.8 Å². The van der Waals surface area contributed by atoms with Gasteiger partial charge in [0.1, 0.15) is 17.4 Å². The van der Waals surface area contributed by atoms with Crippen LogP contribution in [0.15, 0.2) is 36.5 Å². The van der Waals surface area contributed by atoms with Gasteiger partial charge in [0, 0.05) is 23.5 Å². The monoisotopic (exact) mass is 382 g/mol. The highest BCUT2D eigenvalue weighted by Crippen LogP contribution is 2.35. The van der Waals surface area contributed by atoms with Crippen molar-refractivity contribution in [2.75, 3.05) is 0 Å². The molecule has 2 aliphatic rings. The van der Waals surface area contributed by atoms with Crippen molar-refractivity contribution in [2.45, 2.75) is 70.1 Å². The molecule has 1 aromatic heterocycles. The number of hydrogen-bond acceptors (Lipinski definition) is 4. The van der Waals surface area contributed by atoms with Gasteiger partial charge in [-0.25, -0.2) is 0 Å². The van der Waals surface area contributed by atoms with E-state index in [4.69, 9.17) is 4.74 Å². The zero-order valence-corrected chi connectivity index (χ0v) is 16.7. The van der Waals surface area contributed by atoms with Crippen molar-refractivity contribution < 1.29 is 14.6 Å². The molecule has 4 rings (SSSR count). The highest BCUT2D eigenvalue weighted by Gasteiger charge is 2.38. The first-order valence-electron chi connectivity index (χ1n) is 10.4. The average molecular weight is 383 g/mol. The first-order chi connectivity index (χ1) is 13.4. The molecule has 2 N–H and O–H groups in total. The van der Waals surface area contributed by atoms with Gasteiger partial charge in [0.05, 0.1) is 5.60 Å². The second-order valence-corrected chi connectivity index (χ2v) is 8.95. The normalized spacial score (nSPS) is 27.8. The van der Waals surface area contributed by atoms with Crippen LogP contribution in [0.1, 0.15) is 52.4 Å². The number of aromatic nitrogens is 1. The van der Waals surface area contributed by atoms with E-state index in [1.54, 1.807) is 6.20 Å². The zero-order valence-electron chi connectivity index (χ0n) is 16.7. The maximum atomic E-state index is 12.6. The quantitative estimate of drug-likeness (QED) is 0.824. The second-order valence-electron chi connectivity index (χ2n) is 8.95. The van der Waals surface area contributed by atoms with Crippen LogP contribution in [-0.2, 0) is 4.79 Å². The number of amides is 1. The number of para-hydroxylation sites is 1. The third-order valence-electron chi connectivity index (χ3n) is 6.43. The molecule has 1 heterocycles. The Morgan fingerprint density at radius 3 is 2.57 bits per heavy atom. The first kappa shape index (κ1) is 19.2. The van der Waals surface area contributed by atoms with Crippen LogP contribution in [0.25, 0.3) is 10.9 Å². The van der Waals surface area contributed by atoms with Crippen molar-refractivity contribution in [2.24, 2.45) is 11.8 Å². The number of carbonyl (C=O) groups is 1. The molecular weight excluding hydrogens is 352 g/mol. The van der Waals surface area contributed by atoms with E-state index in [2.05, 4.69) is 10.3 Å². The van der Waals surface area contributed by atoms with E-state index in [-0.39, 0.29) is 24.0 Å². The van der Waals surface area contributed by atoms with Gasteiger partial charge in [-0.2, -0.15) is 0 Å². The number of pyridine rings is 1. The van der Waals surface area contributed by atoms with Crippen LogP contribution in [0.2, 0.25) is 0 Å². The molecular formula is C23H30N2O3. The SMILES string of the molecule is CC(C)(O)[C@H]1CC[C@H](NC(=O)C2CC(Oc3cccc4cccnc34)C2)CC1. The van der Waals surface area contributed by atoms with Crippen LogP contribution >= 0.6 is 0 Å². The molecule has 0 radical (unpaired) electrons. The van der Waals surface area contributed by atoms with Crippen LogP contribution in [0, 0.1) is 11.8 Å². The van der Waals surface area contributed by atoms with E-state index in [1.165, 1.54) is 0 Å². The van der Waals surface area contributed by atoms with Gasteiger partial charge in [-0.15, -0.1) is 0 Å². The number of aliphatic hydroxyl groups is 1. The smallest absolute Gasteiger partial charge is 0.223 e. The van der Waals surface area contributed by atoms with Gasteiger partial charge < -0.3 is 15.2 Å². The summed E-state index contributed by atoms with van der Waals surface area (Å²) in [7, 11) is 0. The van der Waals surface area contributed by atoms with Crippen molar-refractivity contribution in [1.29, 1.82) is 0 Å². The Balaban J connectivity index is 1.25. The van der Waals surface area contributed by atoms with Gasteiger partial charge in [0.2, 0.25) is 5.91 Å².